The van der Waals surface area contributed by atoms with E-state index in [4.69, 9.17) is 9.47 Å². The molecule has 184 valence electrons. The molecule has 0 rings (SSSR count). The molecule has 0 aliphatic rings. The fourth-order valence-corrected chi connectivity index (χ4v) is 2.62. The Morgan fingerprint density at radius 1 is 0.938 bits per heavy atom. The molecule has 1 atom stereocenters. The number of alkyl carbamates (subject to hydrolysis) is 1. The molecule has 0 heterocycles. The first-order valence-electron chi connectivity index (χ1n) is 11.2. The van der Waals surface area contributed by atoms with Crippen LogP contribution in [0, 0.1) is 0 Å². The lowest BCUT2D eigenvalue weighted by Crippen LogP contribution is -2.40. The fourth-order valence-electron chi connectivity index (χ4n) is 2.62. The SMILES string of the molecule is CCCC(=O)[C@H](CCCN=C(CC(=O)OC(C)(C)C)NC(=O)OC(C)(C)C)NC(=O)CC. The van der Waals surface area contributed by atoms with Crippen molar-refractivity contribution in [2.24, 2.45) is 4.99 Å². The van der Waals surface area contributed by atoms with Crippen molar-refractivity contribution in [3.63, 3.8) is 0 Å². The number of hydrogen-bond acceptors (Lipinski definition) is 7. The zero-order valence-electron chi connectivity index (χ0n) is 20.9. The van der Waals surface area contributed by atoms with Crippen molar-refractivity contribution in [2.45, 2.75) is 111 Å². The largest absolute Gasteiger partial charge is 0.460 e. The highest BCUT2D eigenvalue weighted by molar-refractivity contribution is 6.04. The maximum atomic E-state index is 12.3. The van der Waals surface area contributed by atoms with E-state index in [1.165, 1.54) is 0 Å². The van der Waals surface area contributed by atoms with Crippen LogP contribution in [0.3, 0.4) is 0 Å². The number of carbonyl (C=O) groups excluding carboxylic acids is 4. The van der Waals surface area contributed by atoms with Gasteiger partial charge >= 0.3 is 12.1 Å². The number of esters is 1. The maximum absolute atomic E-state index is 12.3. The summed E-state index contributed by atoms with van der Waals surface area (Å²) in [5.74, 6) is -0.597. The minimum atomic E-state index is -0.717. The van der Waals surface area contributed by atoms with Crippen molar-refractivity contribution in [1.82, 2.24) is 10.6 Å². The summed E-state index contributed by atoms with van der Waals surface area (Å²) in [7, 11) is 0. The summed E-state index contributed by atoms with van der Waals surface area (Å²) in [4.78, 5) is 52.7. The Morgan fingerprint density at radius 2 is 1.53 bits per heavy atom. The Balaban J connectivity index is 5.16. The van der Waals surface area contributed by atoms with Gasteiger partial charge in [0.25, 0.3) is 0 Å². The van der Waals surface area contributed by atoms with Gasteiger partial charge in [0.15, 0.2) is 5.78 Å². The van der Waals surface area contributed by atoms with E-state index >= 15 is 0 Å². The van der Waals surface area contributed by atoms with Gasteiger partial charge in [-0.15, -0.1) is 0 Å². The van der Waals surface area contributed by atoms with Gasteiger partial charge < -0.3 is 14.8 Å². The van der Waals surface area contributed by atoms with Crippen molar-refractivity contribution in [1.29, 1.82) is 0 Å². The monoisotopic (exact) mass is 455 g/mol. The van der Waals surface area contributed by atoms with E-state index in [9.17, 15) is 19.2 Å². The lowest BCUT2D eigenvalue weighted by atomic mass is 10.0. The predicted octanol–water partition coefficient (Wildman–Crippen LogP) is 3.69. The fraction of sp³-hybridized carbons (Fsp3) is 0.783. The molecule has 0 aromatic carbocycles. The third-order valence-electron chi connectivity index (χ3n) is 3.87. The number of hydrogen-bond donors (Lipinski definition) is 2. The average molecular weight is 456 g/mol. The van der Waals surface area contributed by atoms with Gasteiger partial charge in [0.05, 0.1) is 6.04 Å². The second kappa shape index (κ2) is 13.9. The average Bonchev–Trinajstić information content (AvgIpc) is 2.60. The first kappa shape index (κ1) is 29.5. The molecule has 0 spiro atoms. The van der Waals surface area contributed by atoms with Gasteiger partial charge in [-0.1, -0.05) is 13.8 Å². The van der Waals surface area contributed by atoms with Gasteiger partial charge in [0.1, 0.15) is 23.5 Å². The Morgan fingerprint density at radius 3 is 2.03 bits per heavy atom. The van der Waals surface area contributed by atoms with Gasteiger partial charge in [-0.25, -0.2) is 4.79 Å². The molecule has 9 nitrogen and oxygen atoms in total. The van der Waals surface area contributed by atoms with Crippen molar-refractivity contribution in [3.8, 4) is 0 Å². The van der Waals surface area contributed by atoms with Crippen LogP contribution in [-0.2, 0) is 23.9 Å². The molecular weight excluding hydrogens is 414 g/mol. The highest BCUT2D eigenvalue weighted by Gasteiger charge is 2.22. The van der Waals surface area contributed by atoms with Gasteiger partial charge in [-0.3, -0.25) is 24.7 Å². The molecule has 0 unspecified atom stereocenters. The summed E-state index contributed by atoms with van der Waals surface area (Å²) in [5, 5.41) is 5.27. The number of carbonyl (C=O) groups is 4. The lowest BCUT2D eigenvalue weighted by Gasteiger charge is -2.21. The summed E-state index contributed by atoms with van der Waals surface area (Å²) >= 11 is 0. The third kappa shape index (κ3) is 15.4. The molecule has 0 aliphatic heterocycles. The van der Waals surface area contributed by atoms with Crippen LogP contribution in [0.25, 0.3) is 0 Å². The summed E-state index contributed by atoms with van der Waals surface area (Å²) in [6.07, 6.45) is 1.36. The Kier molecular flexibility index (Phi) is 12.8. The first-order chi connectivity index (χ1) is 14.7. The summed E-state index contributed by atoms with van der Waals surface area (Å²) in [5.41, 5.74) is -1.37. The Labute approximate surface area is 192 Å². The molecule has 2 amide bonds. The molecule has 0 fully saturated rings. The minimum Gasteiger partial charge on any atom is -0.460 e. The van der Waals surface area contributed by atoms with E-state index in [0.717, 1.165) is 0 Å². The molecule has 0 radical (unpaired) electrons. The lowest BCUT2D eigenvalue weighted by molar-refractivity contribution is -0.153. The van der Waals surface area contributed by atoms with Crippen LogP contribution < -0.4 is 10.6 Å². The van der Waals surface area contributed by atoms with Crippen molar-refractivity contribution in [3.05, 3.63) is 0 Å². The number of amides is 2. The van der Waals surface area contributed by atoms with Gasteiger partial charge in [-0.2, -0.15) is 0 Å². The first-order valence-corrected chi connectivity index (χ1v) is 11.2. The molecule has 0 bridgehead atoms. The molecule has 0 aromatic heterocycles. The quantitative estimate of drug-likeness (QED) is 0.212. The highest BCUT2D eigenvalue weighted by Crippen LogP contribution is 2.10. The van der Waals surface area contributed by atoms with Crippen molar-refractivity contribution >= 4 is 29.6 Å². The minimum absolute atomic E-state index is 0.0147. The second-order valence-corrected chi connectivity index (χ2v) is 9.55. The smallest absolute Gasteiger partial charge is 0.413 e. The number of ketones is 1. The Hall–Kier alpha value is -2.45. The third-order valence-corrected chi connectivity index (χ3v) is 3.87. The number of nitrogens with zero attached hydrogens (tertiary/aromatic N) is 1. The number of amidine groups is 1. The zero-order chi connectivity index (χ0) is 24.9. The second-order valence-electron chi connectivity index (χ2n) is 9.55. The molecule has 2 N–H and O–H groups in total. The van der Waals surface area contributed by atoms with Crippen LogP contribution in [0.5, 0.6) is 0 Å². The maximum Gasteiger partial charge on any atom is 0.413 e. The van der Waals surface area contributed by atoms with Crippen LogP contribution in [-0.4, -0.2) is 53.4 Å². The molecule has 0 aliphatic carbocycles. The van der Waals surface area contributed by atoms with Crippen molar-refractivity contribution in [2.75, 3.05) is 6.54 Å². The number of Topliss-reactive ketones (excluding diaryl/α,β-unsaturated/α-hetero) is 1. The zero-order valence-corrected chi connectivity index (χ0v) is 20.9. The number of nitrogens with one attached hydrogen (secondary N) is 2. The molecule has 9 heteroatoms. The molecule has 0 saturated carbocycles. The topological polar surface area (TPSA) is 123 Å². The molecule has 32 heavy (non-hydrogen) atoms. The van der Waals surface area contributed by atoms with E-state index < -0.39 is 29.3 Å². The van der Waals surface area contributed by atoms with Gasteiger partial charge in [0.2, 0.25) is 5.91 Å². The van der Waals surface area contributed by atoms with E-state index in [0.29, 0.717) is 32.1 Å². The Bertz CT molecular complexity index is 642. The van der Waals surface area contributed by atoms with Crippen LogP contribution in [0.4, 0.5) is 4.79 Å². The molecular formula is C23H41N3O6. The van der Waals surface area contributed by atoms with E-state index in [1.54, 1.807) is 48.5 Å². The van der Waals surface area contributed by atoms with E-state index in [-0.39, 0.29) is 30.5 Å². The highest BCUT2D eigenvalue weighted by atomic mass is 16.6. The summed E-state index contributed by atoms with van der Waals surface area (Å²) in [6.45, 7) is 14.3. The van der Waals surface area contributed by atoms with Crippen LogP contribution in [0.1, 0.15) is 93.9 Å². The summed E-state index contributed by atoms with van der Waals surface area (Å²) in [6, 6.07) is -0.564. The van der Waals surface area contributed by atoms with E-state index in [2.05, 4.69) is 15.6 Å². The predicted molar refractivity (Wildman–Crippen MR) is 124 cm³/mol. The van der Waals surface area contributed by atoms with Crippen LogP contribution in [0.2, 0.25) is 0 Å². The molecule has 0 aromatic rings. The molecule has 0 saturated heterocycles. The van der Waals surface area contributed by atoms with E-state index in [1.807, 2.05) is 6.92 Å². The number of ether oxygens (including phenoxy) is 2. The normalized spacial score (nSPS) is 13.2. The van der Waals surface area contributed by atoms with Crippen LogP contribution >= 0.6 is 0 Å². The van der Waals surface area contributed by atoms with Crippen LogP contribution in [0.15, 0.2) is 4.99 Å². The standard InChI is InChI=1S/C23H41N3O6/c1-9-12-17(27)16(25-19(28)10-2)13-11-14-24-18(15-20(29)31-22(3,4)5)26-21(30)32-23(6,7)8/h16H,9-15H2,1-8H3,(H,25,28)(H,24,26,30)/t16-/m0/s1. The van der Waals surface area contributed by atoms with Gasteiger partial charge in [0, 0.05) is 19.4 Å². The number of rotatable bonds is 11. The van der Waals surface area contributed by atoms with Gasteiger partial charge in [-0.05, 0) is 60.8 Å². The number of aliphatic imine (C=N–C) groups is 1. The summed E-state index contributed by atoms with van der Waals surface area (Å²) < 4.78 is 10.5. The van der Waals surface area contributed by atoms with Crippen molar-refractivity contribution < 1.29 is 28.7 Å².